The molecule has 2 saturated heterocycles. The quantitative estimate of drug-likeness (QED) is 0.0477. The van der Waals surface area contributed by atoms with E-state index in [4.69, 9.17) is 23.7 Å². The van der Waals surface area contributed by atoms with Crippen molar-refractivity contribution in [1.82, 2.24) is 0 Å². The molecule has 6 N–H and O–H groups in total. The molecule has 0 bridgehead atoms. The minimum Gasteiger partial charge on any atom is -0.388 e. The van der Waals surface area contributed by atoms with Gasteiger partial charge in [-0.15, -0.1) is 0 Å². The first kappa shape index (κ1) is 43.5. The van der Waals surface area contributed by atoms with Crippen LogP contribution in [0.3, 0.4) is 0 Å². The van der Waals surface area contributed by atoms with Crippen molar-refractivity contribution in [2.45, 2.75) is 191 Å². The molecule has 2 fully saturated rings. The molecule has 2 heterocycles. The SMILES string of the molecule is CCCCCC/C=C\CCCCCCCCCCCCCCCCOC[C@H](CO[C@@H]1OC[C@@H](O)[C@H](O)[C@H]1O)O[C@@H]1OC[C@@H](O)[C@H](O)[C@H]1O. The molecule has 0 amide bonds. The Morgan fingerprint density at radius 1 is 0.542 bits per heavy atom. The van der Waals surface area contributed by atoms with E-state index in [1.165, 1.54) is 109 Å². The fourth-order valence-electron chi connectivity index (χ4n) is 6.07. The van der Waals surface area contributed by atoms with Crippen molar-refractivity contribution < 1.29 is 54.3 Å². The fourth-order valence-corrected chi connectivity index (χ4v) is 6.07. The first-order valence-electron chi connectivity index (χ1n) is 19.2. The Balaban J connectivity index is 1.46. The summed E-state index contributed by atoms with van der Waals surface area (Å²) in [4.78, 5) is 0. The summed E-state index contributed by atoms with van der Waals surface area (Å²) in [6.45, 7) is 2.33. The van der Waals surface area contributed by atoms with E-state index in [2.05, 4.69) is 19.1 Å². The van der Waals surface area contributed by atoms with E-state index < -0.39 is 55.3 Å². The van der Waals surface area contributed by atoms with Gasteiger partial charge in [0, 0.05) is 6.61 Å². The van der Waals surface area contributed by atoms with Crippen LogP contribution in [-0.2, 0) is 23.7 Å². The molecule has 11 nitrogen and oxygen atoms in total. The van der Waals surface area contributed by atoms with E-state index in [-0.39, 0.29) is 26.4 Å². The molecule has 284 valence electrons. The largest absolute Gasteiger partial charge is 0.388 e. The van der Waals surface area contributed by atoms with Gasteiger partial charge < -0.3 is 54.3 Å². The van der Waals surface area contributed by atoms with Gasteiger partial charge in [0.25, 0.3) is 0 Å². The van der Waals surface area contributed by atoms with Gasteiger partial charge in [-0.2, -0.15) is 0 Å². The second-order valence-electron chi connectivity index (χ2n) is 13.7. The second-order valence-corrected chi connectivity index (χ2v) is 13.7. The maximum Gasteiger partial charge on any atom is 0.186 e. The maximum absolute atomic E-state index is 10.3. The molecule has 0 aromatic rings. The molecule has 0 radical (unpaired) electrons. The molecule has 48 heavy (non-hydrogen) atoms. The lowest BCUT2D eigenvalue weighted by Gasteiger charge is -2.38. The number of hydrogen-bond donors (Lipinski definition) is 6. The number of allylic oxidation sites excluding steroid dienone is 2. The minimum atomic E-state index is -1.47. The summed E-state index contributed by atoms with van der Waals surface area (Å²) < 4.78 is 27.9. The maximum atomic E-state index is 10.3. The first-order chi connectivity index (χ1) is 23.3. The predicted octanol–water partition coefficient (Wildman–Crippen LogP) is 4.66. The van der Waals surface area contributed by atoms with Gasteiger partial charge in [0.1, 0.15) is 42.7 Å². The van der Waals surface area contributed by atoms with Gasteiger partial charge in [-0.05, 0) is 32.1 Å². The van der Waals surface area contributed by atoms with E-state index in [0.717, 1.165) is 19.3 Å². The Bertz CT molecular complexity index is 772. The van der Waals surface area contributed by atoms with Crippen LogP contribution >= 0.6 is 0 Å². The molecular weight excluding hydrogens is 620 g/mol. The summed E-state index contributed by atoms with van der Waals surface area (Å²) in [5.41, 5.74) is 0. The Kier molecular flexibility index (Phi) is 25.3. The topological polar surface area (TPSA) is 168 Å². The van der Waals surface area contributed by atoms with Crippen LogP contribution in [0.2, 0.25) is 0 Å². The van der Waals surface area contributed by atoms with Crippen LogP contribution in [0.15, 0.2) is 12.2 Å². The number of rotatable bonds is 29. The Hall–Kier alpha value is -0.700. The molecule has 0 saturated carbocycles. The van der Waals surface area contributed by atoms with Crippen LogP contribution < -0.4 is 0 Å². The third-order valence-electron chi connectivity index (χ3n) is 9.29. The highest BCUT2D eigenvalue weighted by Crippen LogP contribution is 2.21. The highest BCUT2D eigenvalue weighted by molar-refractivity contribution is 4.85. The van der Waals surface area contributed by atoms with Gasteiger partial charge in [0.15, 0.2) is 12.6 Å². The Morgan fingerprint density at radius 2 is 0.979 bits per heavy atom. The van der Waals surface area contributed by atoms with E-state index in [1.54, 1.807) is 0 Å². The summed E-state index contributed by atoms with van der Waals surface area (Å²) in [7, 11) is 0. The van der Waals surface area contributed by atoms with Crippen LogP contribution in [0, 0.1) is 0 Å². The lowest BCUT2D eigenvalue weighted by molar-refractivity contribution is -0.305. The summed E-state index contributed by atoms with van der Waals surface area (Å²) in [5.74, 6) is 0. The number of aliphatic hydroxyl groups excluding tert-OH is 6. The summed E-state index contributed by atoms with van der Waals surface area (Å²) >= 11 is 0. The second kappa shape index (κ2) is 28.0. The zero-order valence-electron chi connectivity index (χ0n) is 29.8. The van der Waals surface area contributed by atoms with Crippen molar-refractivity contribution in [1.29, 1.82) is 0 Å². The van der Waals surface area contributed by atoms with Gasteiger partial charge in [-0.3, -0.25) is 0 Å². The van der Waals surface area contributed by atoms with Crippen LogP contribution in [0.4, 0.5) is 0 Å². The van der Waals surface area contributed by atoms with Gasteiger partial charge in [-0.1, -0.05) is 115 Å². The van der Waals surface area contributed by atoms with Crippen LogP contribution in [0.1, 0.15) is 135 Å². The molecule has 2 aliphatic rings. The highest BCUT2D eigenvalue weighted by atomic mass is 16.7. The number of unbranched alkanes of at least 4 members (excludes halogenated alkanes) is 18. The van der Waals surface area contributed by atoms with Crippen LogP contribution in [0.5, 0.6) is 0 Å². The first-order valence-corrected chi connectivity index (χ1v) is 19.2. The molecule has 0 aromatic carbocycles. The Morgan fingerprint density at radius 3 is 1.50 bits per heavy atom. The van der Waals surface area contributed by atoms with Crippen molar-refractivity contribution in [3.05, 3.63) is 12.2 Å². The van der Waals surface area contributed by atoms with Crippen LogP contribution in [-0.4, -0.2) is 119 Å². The molecule has 9 atom stereocenters. The molecule has 0 aromatic heterocycles. The zero-order chi connectivity index (χ0) is 34.8. The van der Waals surface area contributed by atoms with E-state index in [9.17, 15) is 30.6 Å². The van der Waals surface area contributed by atoms with Crippen LogP contribution in [0.25, 0.3) is 0 Å². The van der Waals surface area contributed by atoms with Crippen molar-refractivity contribution in [2.75, 3.05) is 33.0 Å². The average molecular weight is 691 g/mol. The van der Waals surface area contributed by atoms with E-state index >= 15 is 0 Å². The van der Waals surface area contributed by atoms with Gasteiger partial charge in [-0.25, -0.2) is 0 Å². The average Bonchev–Trinajstić information content (AvgIpc) is 3.08. The van der Waals surface area contributed by atoms with Crippen molar-refractivity contribution >= 4 is 0 Å². The standard InChI is InChI=1S/C37H70O11/c1-2-3-4-5-6-7-8-9-10-11-12-13-14-15-16-17-18-19-20-21-22-23-24-44-25-29(48-37-35(43)33(41)31(39)28-47-37)26-45-36-34(42)32(40)30(38)27-46-36/h7-8,29-43H,2-6,9-28H2,1H3/b8-7-/t29-,30-,31-,32+,33+,34-,35-,36-,37+/m1/s1. The lowest BCUT2D eigenvalue weighted by atomic mass is 10.0. The highest BCUT2D eigenvalue weighted by Gasteiger charge is 2.41. The number of ether oxygens (including phenoxy) is 5. The van der Waals surface area contributed by atoms with E-state index in [1.807, 2.05) is 0 Å². The molecule has 0 aliphatic carbocycles. The molecule has 0 spiro atoms. The van der Waals surface area contributed by atoms with Crippen molar-refractivity contribution in [3.63, 3.8) is 0 Å². The number of aliphatic hydroxyl groups is 6. The Labute approximate surface area is 290 Å². The van der Waals surface area contributed by atoms with Crippen molar-refractivity contribution in [3.8, 4) is 0 Å². The van der Waals surface area contributed by atoms with Gasteiger partial charge >= 0.3 is 0 Å². The summed E-state index contributed by atoms with van der Waals surface area (Å²) in [6, 6.07) is 0. The monoisotopic (exact) mass is 690 g/mol. The molecular formula is C37H70O11. The third kappa shape index (κ3) is 19.1. The molecule has 0 unspecified atom stereocenters. The fraction of sp³-hybridized carbons (Fsp3) is 0.946. The molecule has 11 heteroatoms. The van der Waals surface area contributed by atoms with Gasteiger partial charge in [0.05, 0.1) is 26.4 Å². The normalized spacial score (nSPS) is 28.7. The van der Waals surface area contributed by atoms with Crippen molar-refractivity contribution in [2.24, 2.45) is 0 Å². The predicted molar refractivity (Wildman–Crippen MR) is 184 cm³/mol. The molecule has 2 aliphatic heterocycles. The van der Waals surface area contributed by atoms with E-state index in [0.29, 0.717) is 6.61 Å². The molecule has 2 rings (SSSR count). The minimum absolute atomic E-state index is 0.0931. The zero-order valence-corrected chi connectivity index (χ0v) is 29.8. The summed E-state index contributed by atoms with van der Waals surface area (Å²) in [5, 5.41) is 59.7. The summed E-state index contributed by atoms with van der Waals surface area (Å²) in [6.07, 6.45) is 19.1. The smallest absolute Gasteiger partial charge is 0.186 e. The third-order valence-corrected chi connectivity index (χ3v) is 9.29. The van der Waals surface area contributed by atoms with Gasteiger partial charge in [0.2, 0.25) is 0 Å². The lowest BCUT2D eigenvalue weighted by Crippen LogP contribution is -2.56. The number of hydrogen-bond acceptors (Lipinski definition) is 11.